The van der Waals surface area contributed by atoms with Gasteiger partial charge in [-0.1, -0.05) is 23.9 Å². The number of thioether (sulfide) groups is 1. The summed E-state index contributed by atoms with van der Waals surface area (Å²) in [4.78, 5) is 26.5. The van der Waals surface area contributed by atoms with E-state index >= 15 is 0 Å². The fourth-order valence-corrected chi connectivity index (χ4v) is 2.72. The molecule has 10 heteroatoms. The fraction of sp³-hybridized carbons (Fsp3) is 0.0667. The zero-order valence-corrected chi connectivity index (χ0v) is 13.6. The summed E-state index contributed by atoms with van der Waals surface area (Å²) in [6, 6.07) is 11.2. The Morgan fingerprint density at radius 2 is 2.16 bits per heavy atom. The van der Waals surface area contributed by atoms with Crippen molar-refractivity contribution < 1.29 is 9.72 Å². The predicted molar refractivity (Wildman–Crippen MR) is 91.6 cm³/mol. The van der Waals surface area contributed by atoms with Crippen LogP contribution >= 0.6 is 11.8 Å². The minimum absolute atomic E-state index is 0.0776. The molecule has 0 bridgehead atoms. The number of hydrogen-bond donors (Lipinski definition) is 1. The van der Waals surface area contributed by atoms with Gasteiger partial charge >= 0.3 is 0 Å². The Morgan fingerprint density at radius 3 is 2.92 bits per heavy atom. The Bertz CT molecular complexity index is 899. The van der Waals surface area contributed by atoms with Crippen LogP contribution in [0.4, 0.5) is 11.4 Å². The van der Waals surface area contributed by atoms with Gasteiger partial charge in [0, 0.05) is 24.0 Å². The van der Waals surface area contributed by atoms with Crippen LogP contribution in [0.15, 0.2) is 60.1 Å². The normalized spacial score (nSPS) is 10.4. The van der Waals surface area contributed by atoms with Gasteiger partial charge in [-0.25, -0.2) is 4.98 Å². The summed E-state index contributed by atoms with van der Waals surface area (Å²) in [5, 5.41) is 21.7. The average molecular weight is 356 g/mol. The smallest absolute Gasteiger partial charge is 0.271 e. The quantitative estimate of drug-likeness (QED) is 0.409. The molecule has 1 N–H and O–H groups in total. The third-order valence-electron chi connectivity index (χ3n) is 3.09. The molecule has 3 rings (SSSR count). The molecule has 126 valence electrons. The molecule has 0 spiro atoms. The highest BCUT2D eigenvalue weighted by Crippen LogP contribution is 2.20. The fourth-order valence-electron chi connectivity index (χ4n) is 2.00. The summed E-state index contributed by atoms with van der Waals surface area (Å²) < 4.78 is 1.67. The Balaban J connectivity index is 1.63. The molecule has 0 aliphatic heterocycles. The summed E-state index contributed by atoms with van der Waals surface area (Å²) in [6.45, 7) is 0. The Kier molecular flexibility index (Phi) is 5.00. The Hall–Kier alpha value is -3.27. The van der Waals surface area contributed by atoms with E-state index in [0.29, 0.717) is 16.7 Å². The van der Waals surface area contributed by atoms with Crippen molar-refractivity contribution in [2.24, 2.45) is 0 Å². The first kappa shape index (κ1) is 16.6. The zero-order chi connectivity index (χ0) is 17.6. The molecule has 0 radical (unpaired) electrons. The Labute approximate surface area is 146 Å². The molecule has 1 amide bonds. The van der Waals surface area contributed by atoms with Crippen LogP contribution in [0.1, 0.15) is 0 Å². The number of nitro benzene ring substituents is 1. The number of aromatic nitrogens is 4. The van der Waals surface area contributed by atoms with Crippen LogP contribution in [0.3, 0.4) is 0 Å². The van der Waals surface area contributed by atoms with Crippen molar-refractivity contribution in [3.8, 4) is 5.82 Å². The minimum atomic E-state index is -0.514. The standard InChI is InChI=1S/C15H12N6O3S/c22-14(18-11-4-3-5-12(8-11)21(23)24)9-25-15-19-17-10-20(15)13-6-1-2-7-16-13/h1-8,10H,9H2,(H,18,22). The number of amides is 1. The van der Waals surface area contributed by atoms with Crippen molar-refractivity contribution in [3.05, 3.63) is 65.1 Å². The van der Waals surface area contributed by atoms with Crippen molar-refractivity contribution >= 4 is 29.0 Å². The molecule has 0 unspecified atom stereocenters. The number of non-ortho nitro benzene ring substituents is 1. The van der Waals surface area contributed by atoms with Gasteiger partial charge in [0.05, 0.1) is 10.7 Å². The van der Waals surface area contributed by atoms with Crippen LogP contribution in [0.5, 0.6) is 0 Å². The Morgan fingerprint density at radius 1 is 1.28 bits per heavy atom. The number of rotatable bonds is 6. The number of benzene rings is 1. The average Bonchev–Trinajstić information content (AvgIpc) is 3.09. The van der Waals surface area contributed by atoms with Gasteiger partial charge in [0.2, 0.25) is 5.91 Å². The third-order valence-corrected chi connectivity index (χ3v) is 4.03. The van der Waals surface area contributed by atoms with Gasteiger partial charge in [0.25, 0.3) is 5.69 Å². The number of nitrogens with zero attached hydrogens (tertiary/aromatic N) is 5. The van der Waals surface area contributed by atoms with Crippen molar-refractivity contribution in [1.82, 2.24) is 19.7 Å². The molecular weight excluding hydrogens is 344 g/mol. The number of carbonyl (C=O) groups excluding carboxylic acids is 1. The van der Waals surface area contributed by atoms with Gasteiger partial charge in [-0.05, 0) is 18.2 Å². The zero-order valence-electron chi connectivity index (χ0n) is 12.8. The lowest BCUT2D eigenvalue weighted by molar-refractivity contribution is -0.384. The van der Waals surface area contributed by atoms with E-state index in [1.54, 1.807) is 29.0 Å². The number of nitro groups is 1. The number of pyridine rings is 1. The first-order chi connectivity index (χ1) is 12.1. The molecule has 9 nitrogen and oxygen atoms in total. The van der Waals surface area contributed by atoms with E-state index in [-0.39, 0.29) is 17.3 Å². The number of anilines is 1. The lowest BCUT2D eigenvalue weighted by atomic mass is 10.3. The lowest BCUT2D eigenvalue weighted by Crippen LogP contribution is -2.14. The molecule has 0 aliphatic carbocycles. The number of nitrogens with one attached hydrogen (secondary N) is 1. The molecule has 0 fully saturated rings. The van der Waals surface area contributed by atoms with Gasteiger partial charge in [-0.3, -0.25) is 19.5 Å². The maximum absolute atomic E-state index is 12.1. The number of hydrogen-bond acceptors (Lipinski definition) is 7. The van der Waals surface area contributed by atoms with E-state index in [1.807, 2.05) is 6.07 Å². The molecule has 3 aromatic rings. The summed E-state index contributed by atoms with van der Waals surface area (Å²) in [5.41, 5.74) is 0.284. The van der Waals surface area contributed by atoms with E-state index in [0.717, 1.165) is 0 Å². The van der Waals surface area contributed by atoms with Gasteiger partial charge < -0.3 is 5.32 Å². The SMILES string of the molecule is O=C(CSc1nncn1-c1ccccn1)Nc1cccc([N+](=O)[O-])c1. The van der Waals surface area contributed by atoms with Crippen molar-refractivity contribution in [3.63, 3.8) is 0 Å². The second kappa shape index (κ2) is 7.53. The van der Waals surface area contributed by atoms with Crippen LogP contribution < -0.4 is 5.32 Å². The van der Waals surface area contributed by atoms with E-state index in [2.05, 4.69) is 20.5 Å². The van der Waals surface area contributed by atoms with Crippen LogP contribution in [0.2, 0.25) is 0 Å². The van der Waals surface area contributed by atoms with Crippen LogP contribution in [0, 0.1) is 10.1 Å². The summed E-state index contributed by atoms with van der Waals surface area (Å²) in [5.74, 6) is 0.420. The van der Waals surface area contributed by atoms with Gasteiger partial charge in [0.15, 0.2) is 5.16 Å². The van der Waals surface area contributed by atoms with Crippen LogP contribution in [0.25, 0.3) is 5.82 Å². The summed E-state index contributed by atoms with van der Waals surface area (Å²) >= 11 is 1.19. The maximum Gasteiger partial charge on any atom is 0.271 e. The summed E-state index contributed by atoms with van der Waals surface area (Å²) in [6.07, 6.45) is 3.17. The molecule has 0 saturated carbocycles. The van der Waals surface area contributed by atoms with E-state index in [4.69, 9.17) is 0 Å². The third kappa shape index (κ3) is 4.18. The molecular formula is C15H12N6O3S. The van der Waals surface area contributed by atoms with E-state index < -0.39 is 4.92 Å². The van der Waals surface area contributed by atoms with Crippen molar-refractivity contribution in [1.29, 1.82) is 0 Å². The molecule has 1 aromatic carbocycles. The highest BCUT2D eigenvalue weighted by molar-refractivity contribution is 7.99. The first-order valence-electron chi connectivity index (χ1n) is 7.12. The molecule has 0 atom stereocenters. The van der Waals surface area contributed by atoms with Gasteiger partial charge in [-0.15, -0.1) is 10.2 Å². The minimum Gasteiger partial charge on any atom is -0.325 e. The van der Waals surface area contributed by atoms with Crippen molar-refractivity contribution in [2.45, 2.75) is 5.16 Å². The molecule has 0 aliphatic rings. The molecule has 0 saturated heterocycles. The highest BCUT2D eigenvalue weighted by Gasteiger charge is 2.12. The topological polar surface area (TPSA) is 116 Å². The van der Waals surface area contributed by atoms with Gasteiger partial charge in [-0.2, -0.15) is 0 Å². The maximum atomic E-state index is 12.1. The van der Waals surface area contributed by atoms with Crippen LogP contribution in [-0.2, 0) is 4.79 Å². The van der Waals surface area contributed by atoms with Gasteiger partial charge in [0.1, 0.15) is 12.1 Å². The van der Waals surface area contributed by atoms with E-state index in [1.165, 1.54) is 36.3 Å². The highest BCUT2D eigenvalue weighted by atomic mass is 32.2. The summed E-state index contributed by atoms with van der Waals surface area (Å²) in [7, 11) is 0. The molecule has 25 heavy (non-hydrogen) atoms. The van der Waals surface area contributed by atoms with E-state index in [9.17, 15) is 14.9 Å². The second-order valence-electron chi connectivity index (χ2n) is 4.82. The first-order valence-corrected chi connectivity index (χ1v) is 8.10. The van der Waals surface area contributed by atoms with Crippen molar-refractivity contribution in [2.75, 3.05) is 11.1 Å². The molecule has 2 aromatic heterocycles. The van der Waals surface area contributed by atoms with Crippen LogP contribution in [-0.4, -0.2) is 36.3 Å². The second-order valence-corrected chi connectivity index (χ2v) is 5.76. The monoisotopic (exact) mass is 356 g/mol. The largest absolute Gasteiger partial charge is 0.325 e. The lowest BCUT2D eigenvalue weighted by Gasteiger charge is -2.06. The number of carbonyl (C=O) groups is 1. The molecule has 2 heterocycles. The predicted octanol–water partition coefficient (Wildman–Crippen LogP) is 2.30.